The van der Waals surface area contributed by atoms with Gasteiger partial charge in [-0.1, -0.05) is 43.9 Å². The van der Waals surface area contributed by atoms with Gasteiger partial charge in [-0.3, -0.25) is 14.5 Å². The highest BCUT2D eigenvalue weighted by atomic mass is 35.5. The highest BCUT2D eigenvalue weighted by Crippen LogP contribution is 2.33. The third-order valence-corrected chi connectivity index (χ3v) is 8.09. The van der Waals surface area contributed by atoms with Crippen molar-refractivity contribution in [3.05, 3.63) is 29.3 Å². The molecule has 1 saturated carbocycles. The summed E-state index contributed by atoms with van der Waals surface area (Å²) in [6.45, 7) is 3.03. The average molecular weight is 456 g/mol. The quantitative estimate of drug-likeness (QED) is 0.714. The Bertz CT molecular complexity index is 901. The summed E-state index contributed by atoms with van der Waals surface area (Å²) < 4.78 is 26.6. The summed E-state index contributed by atoms with van der Waals surface area (Å²) in [5, 5.41) is 3.52. The Morgan fingerprint density at radius 2 is 1.97 bits per heavy atom. The highest BCUT2D eigenvalue weighted by Gasteiger charge is 2.51. The Kier molecular flexibility index (Phi) is 7.09. The minimum atomic E-state index is -3.64. The normalized spacial score (nSPS) is 24.1. The predicted octanol–water partition coefficient (Wildman–Crippen LogP) is 2.94. The number of amides is 2. The predicted molar refractivity (Wildman–Crippen MR) is 118 cm³/mol. The molecule has 3 rings (SSSR count). The van der Waals surface area contributed by atoms with E-state index in [9.17, 15) is 18.0 Å². The number of piperazine rings is 1. The maximum atomic E-state index is 13.5. The fourth-order valence-electron chi connectivity index (χ4n) is 4.36. The van der Waals surface area contributed by atoms with Gasteiger partial charge in [0.1, 0.15) is 5.54 Å². The Morgan fingerprint density at radius 3 is 2.60 bits per heavy atom. The zero-order chi connectivity index (χ0) is 21.9. The van der Waals surface area contributed by atoms with E-state index in [2.05, 4.69) is 5.32 Å². The molecule has 0 spiro atoms. The maximum absolute atomic E-state index is 13.5. The van der Waals surface area contributed by atoms with E-state index in [1.807, 2.05) is 0 Å². The molecule has 1 N–H and O–H groups in total. The first-order valence-corrected chi connectivity index (χ1v) is 12.5. The molecule has 7 nitrogen and oxygen atoms in total. The number of halogens is 1. The molecule has 9 heteroatoms. The second kappa shape index (κ2) is 9.24. The third kappa shape index (κ3) is 4.81. The molecule has 1 aromatic carbocycles. The van der Waals surface area contributed by atoms with Crippen LogP contribution in [0.5, 0.6) is 0 Å². The Hall–Kier alpha value is -1.64. The maximum Gasteiger partial charge on any atom is 0.247 e. The van der Waals surface area contributed by atoms with Gasteiger partial charge in [0, 0.05) is 23.3 Å². The third-order valence-electron chi connectivity index (χ3n) is 5.89. The first kappa shape index (κ1) is 23.0. The van der Waals surface area contributed by atoms with Crippen molar-refractivity contribution in [2.45, 2.75) is 64.0 Å². The molecule has 1 heterocycles. The van der Waals surface area contributed by atoms with Crippen LogP contribution in [0.15, 0.2) is 24.3 Å². The SMILES string of the molecule is CCCS(=O)(=O)N1CC(=O)N(c2cccc(Cl)c2)[C@](C)(C(=O)NC2CCCCC2)C1. The molecule has 1 atom stereocenters. The minimum absolute atomic E-state index is 0.0435. The van der Waals surface area contributed by atoms with Gasteiger partial charge in [-0.2, -0.15) is 4.31 Å². The number of hydrogen-bond donors (Lipinski definition) is 1. The summed E-state index contributed by atoms with van der Waals surface area (Å²) in [7, 11) is -3.64. The smallest absolute Gasteiger partial charge is 0.247 e. The number of hydrogen-bond acceptors (Lipinski definition) is 4. The van der Waals surface area contributed by atoms with Crippen molar-refractivity contribution in [1.29, 1.82) is 0 Å². The van der Waals surface area contributed by atoms with Crippen LogP contribution in [0.3, 0.4) is 0 Å². The number of carbonyl (C=O) groups excluding carboxylic acids is 2. The molecule has 1 aliphatic carbocycles. The van der Waals surface area contributed by atoms with Crippen molar-refractivity contribution in [3.63, 3.8) is 0 Å². The molecule has 2 fully saturated rings. The Balaban J connectivity index is 1.97. The monoisotopic (exact) mass is 455 g/mol. The van der Waals surface area contributed by atoms with Gasteiger partial charge < -0.3 is 5.32 Å². The standard InChI is InChI=1S/C21H30ClN3O4S/c1-3-12-30(28,29)24-14-19(26)25(18-11-7-8-16(22)13-18)21(2,15-24)20(27)23-17-9-5-4-6-10-17/h7-8,11,13,17H,3-6,9-10,12,14-15H2,1-2H3,(H,23,27)/t21-/m0/s1. The van der Waals surface area contributed by atoms with Gasteiger partial charge in [-0.15, -0.1) is 0 Å². The molecule has 2 amide bonds. The van der Waals surface area contributed by atoms with Crippen LogP contribution in [0, 0.1) is 0 Å². The van der Waals surface area contributed by atoms with E-state index < -0.39 is 21.5 Å². The number of anilines is 1. The van der Waals surface area contributed by atoms with Crippen molar-refractivity contribution < 1.29 is 18.0 Å². The zero-order valence-corrected chi connectivity index (χ0v) is 19.1. The minimum Gasteiger partial charge on any atom is -0.351 e. The van der Waals surface area contributed by atoms with E-state index in [1.165, 1.54) is 4.90 Å². The number of carbonyl (C=O) groups is 2. The molecule has 1 saturated heterocycles. The lowest BCUT2D eigenvalue weighted by atomic mass is 9.91. The average Bonchev–Trinajstić information content (AvgIpc) is 2.68. The van der Waals surface area contributed by atoms with Gasteiger partial charge in [0.25, 0.3) is 0 Å². The fourth-order valence-corrected chi connectivity index (χ4v) is 6.07. The van der Waals surface area contributed by atoms with Crippen LogP contribution in [0.1, 0.15) is 52.4 Å². The van der Waals surface area contributed by atoms with E-state index in [1.54, 1.807) is 38.1 Å². The van der Waals surface area contributed by atoms with Gasteiger partial charge in [-0.25, -0.2) is 8.42 Å². The number of rotatable bonds is 6. The van der Waals surface area contributed by atoms with Crippen molar-refractivity contribution in [1.82, 2.24) is 9.62 Å². The van der Waals surface area contributed by atoms with Crippen LogP contribution in [0.4, 0.5) is 5.69 Å². The van der Waals surface area contributed by atoms with E-state index in [0.717, 1.165) is 36.4 Å². The molecular formula is C21H30ClN3O4S. The second-order valence-corrected chi connectivity index (χ2v) is 10.9. The number of nitrogens with one attached hydrogen (secondary N) is 1. The molecule has 0 bridgehead atoms. The second-order valence-electron chi connectivity index (χ2n) is 8.38. The van der Waals surface area contributed by atoms with Crippen LogP contribution in [-0.4, -0.2) is 55.0 Å². The topological polar surface area (TPSA) is 86.8 Å². The summed E-state index contributed by atoms with van der Waals surface area (Å²) in [5.41, 5.74) is -0.889. The zero-order valence-electron chi connectivity index (χ0n) is 17.6. The van der Waals surface area contributed by atoms with Gasteiger partial charge in [-0.05, 0) is 44.4 Å². The number of sulfonamides is 1. The van der Waals surface area contributed by atoms with Crippen LogP contribution >= 0.6 is 11.6 Å². The first-order chi connectivity index (χ1) is 14.2. The van der Waals surface area contributed by atoms with E-state index in [4.69, 9.17) is 11.6 Å². The Labute approximate surface area is 183 Å². The lowest BCUT2D eigenvalue weighted by molar-refractivity contribution is -0.133. The van der Waals surface area contributed by atoms with Gasteiger partial charge in [0.15, 0.2) is 0 Å². The summed E-state index contributed by atoms with van der Waals surface area (Å²) in [4.78, 5) is 28.1. The number of benzene rings is 1. The number of nitrogens with zero attached hydrogens (tertiary/aromatic N) is 2. The van der Waals surface area contributed by atoms with Crippen LogP contribution in [0.25, 0.3) is 0 Å². The lowest BCUT2D eigenvalue weighted by Gasteiger charge is -2.47. The van der Waals surface area contributed by atoms with Crippen LogP contribution in [0.2, 0.25) is 5.02 Å². The molecule has 1 aliphatic heterocycles. The van der Waals surface area contributed by atoms with Gasteiger partial charge >= 0.3 is 0 Å². The first-order valence-electron chi connectivity index (χ1n) is 10.5. The molecule has 0 aromatic heterocycles. The largest absolute Gasteiger partial charge is 0.351 e. The van der Waals surface area contributed by atoms with Gasteiger partial charge in [0.2, 0.25) is 21.8 Å². The molecule has 30 heavy (non-hydrogen) atoms. The van der Waals surface area contributed by atoms with Crippen molar-refractivity contribution in [2.75, 3.05) is 23.7 Å². The van der Waals surface area contributed by atoms with E-state index in [-0.39, 0.29) is 30.8 Å². The van der Waals surface area contributed by atoms with Crippen LogP contribution in [-0.2, 0) is 19.6 Å². The summed E-state index contributed by atoms with van der Waals surface area (Å²) in [6, 6.07) is 6.79. The van der Waals surface area contributed by atoms with Crippen molar-refractivity contribution >= 4 is 39.1 Å². The van der Waals surface area contributed by atoms with Crippen LogP contribution < -0.4 is 10.2 Å². The Morgan fingerprint density at radius 1 is 1.27 bits per heavy atom. The molecule has 0 radical (unpaired) electrons. The molecule has 1 aromatic rings. The van der Waals surface area contributed by atoms with E-state index in [0.29, 0.717) is 17.1 Å². The molecule has 0 unspecified atom stereocenters. The summed E-state index contributed by atoms with van der Waals surface area (Å²) in [5.74, 6) is -0.832. The summed E-state index contributed by atoms with van der Waals surface area (Å²) in [6.07, 6.45) is 5.48. The highest BCUT2D eigenvalue weighted by molar-refractivity contribution is 7.89. The fraction of sp³-hybridized carbons (Fsp3) is 0.619. The van der Waals surface area contributed by atoms with Crippen molar-refractivity contribution in [2.24, 2.45) is 0 Å². The molecule has 166 valence electrons. The van der Waals surface area contributed by atoms with Gasteiger partial charge in [0.05, 0.1) is 12.3 Å². The lowest BCUT2D eigenvalue weighted by Crippen LogP contribution is -2.71. The molecule has 2 aliphatic rings. The summed E-state index contributed by atoms with van der Waals surface area (Å²) >= 11 is 6.14. The van der Waals surface area contributed by atoms with Crippen molar-refractivity contribution in [3.8, 4) is 0 Å². The molecular weight excluding hydrogens is 426 g/mol. The van der Waals surface area contributed by atoms with E-state index >= 15 is 0 Å².